The van der Waals surface area contributed by atoms with Crippen molar-refractivity contribution in [1.29, 1.82) is 0 Å². The molecule has 1 saturated heterocycles. The van der Waals surface area contributed by atoms with Gasteiger partial charge in [-0.1, -0.05) is 48.5 Å². The van der Waals surface area contributed by atoms with Gasteiger partial charge in [-0.3, -0.25) is 29.4 Å². The van der Waals surface area contributed by atoms with Crippen LogP contribution in [0.25, 0.3) is 0 Å². The molecule has 0 aromatic heterocycles. The number of nitrogens with one attached hydrogen (secondary N) is 1. The van der Waals surface area contributed by atoms with Gasteiger partial charge in [0, 0.05) is 16.7 Å². The first-order chi connectivity index (χ1) is 16.0. The highest BCUT2D eigenvalue weighted by Gasteiger charge is 2.34. The number of rotatable bonds is 7. The van der Waals surface area contributed by atoms with Crippen molar-refractivity contribution in [2.45, 2.75) is 18.9 Å². The summed E-state index contributed by atoms with van der Waals surface area (Å²) >= 11 is 0. The third kappa shape index (κ3) is 5.32. The fourth-order valence-corrected chi connectivity index (χ4v) is 3.97. The Labute approximate surface area is 191 Å². The van der Waals surface area contributed by atoms with E-state index >= 15 is 0 Å². The van der Waals surface area contributed by atoms with Crippen LogP contribution in [0.2, 0.25) is 0 Å². The van der Waals surface area contributed by atoms with Crippen molar-refractivity contribution < 1.29 is 23.9 Å². The molecular formula is C26H24N2O5. The normalized spacial score (nSPS) is 18.0. The van der Waals surface area contributed by atoms with Crippen molar-refractivity contribution in [3.63, 3.8) is 0 Å². The zero-order valence-corrected chi connectivity index (χ0v) is 18.0. The molecule has 2 heterocycles. The number of ether oxygens (including phenoxy) is 1. The SMILES string of the molecule is O=C(CN1CCC[C@H]1C(=O)NC(=O)c1ccccc1)C1=CC(C(=O)c2ccccc2)=CCO1. The van der Waals surface area contributed by atoms with Gasteiger partial charge in [0.2, 0.25) is 11.7 Å². The van der Waals surface area contributed by atoms with Crippen LogP contribution in [0, 0.1) is 0 Å². The van der Waals surface area contributed by atoms with Crippen LogP contribution < -0.4 is 5.32 Å². The molecule has 0 spiro atoms. The Bertz CT molecular complexity index is 1120. The Morgan fingerprint density at radius 1 is 0.939 bits per heavy atom. The van der Waals surface area contributed by atoms with Crippen LogP contribution in [-0.2, 0) is 14.3 Å². The van der Waals surface area contributed by atoms with E-state index in [9.17, 15) is 19.2 Å². The molecule has 7 heteroatoms. The number of likely N-dealkylation sites (tertiary alicyclic amines) is 1. The molecular weight excluding hydrogens is 420 g/mol. The van der Waals surface area contributed by atoms with Crippen LogP contribution in [0.1, 0.15) is 33.6 Å². The molecule has 1 N–H and O–H groups in total. The number of allylic oxidation sites excluding steroid dienone is 2. The molecule has 0 unspecified atom stereocenters. The van der Waals surface area contributed by atoms with Crippen molar-refractivity contribution in [3.05, 3.63) is 95.3 Å². The summed E-state index contributed by atoms with van der Waals surface area (Å²) in [5.74, 6) is -1.28. The second-order valence-corrected chi connectivity index (χ2v) is 7.91. The van der Waals surface area contributed by atoms with Crippen LogP contribution >= 0.6 is 0 Å². The lowest BCUT2D eigenvalue weighted by Crippen LogP contribution is -2.47. The lowest BCUT2D eigenvalue weighted by molar-refractivity contribution is -0.126. The van der Waals surface area contributed by atoms with E-state index in [1.165, 1.54) is 6.08 Å². The maximum Gasteiger partial charge on any atom is 0.257 e. The van der Waals surface area contributed by atoms with E-state index in [4.69, 9.17) is 4.74 Å². The van der Waals surface area contributed by atoms with Gasteiger partial charge in [-0.2, -0.15) is 0 Å². The van der Waals surface area contributed by atoms with Crippen LogP contribution in [0.5, 0.6) is 0 Å². The van der Waals surface area contributed by atoms with Gasteiger partial charge in [-0.15, -0.1) is 0 Å². The van der Waals surface area contributed by atoms with Crippen molar-refractivity contribution in [3.8, 4) is 0 Å². The van der Waals surface area contributed by atoms with E-state index < -0.39 is 17.9 Å². The summed E-state index contributed by atoms with van der Waals surface area (Å²) in [6.07, 6.45) is 4.40. The predicted molar refractivity (Wildman–Crippen MR) is 121 cm³/mol. The summed E-state index contributed by atoms with van der Waals surface area (Å²) in [5.41, 5.74) is 1.34. The Balaban J connectivity index is 1.39. The highest BCUT2D eigenvalue weighted by atomic mass is 16.5. The van der Waals surface area contributed by atoms with E-state index in [1.54, 1.807) is 65.6 Å². The number of benzene rings is 2. The molecule has 2 aliphatic rings. The highest BCUT2D eigenvalue weighted by molar-refractivity contribution is 6.12. The lowest BCUT2D eigenvalue weighted by atomic mass is 10.0. The third-order valence-corrected chi connectivity index (χ3v) is 5.69. The summed E-state index contributed by atoms with van der Waals surface area (Å²) in [6.45, 7) is 0.652. The molecule has 0 radical (unpaired) electrons. The minimum atomic E-state index is -0.577. The number of carbonyl (C=O) groups excluding carboxylic acids is 4. The maximum absolute atomic E-state index is 12.9. The first kappa shape index (κ1) is 22.4. The number of carbonyl (C=O) groups is 4. The largest absolute Gasteiger partial charge is 0.486 e. The molecule has 168 valence electrons. The number of nitrogens with zero attached hydrogens (tertiary/aromatic N) is 1. The molecule has 4 rings (SSSR count). The van der Waals surface area contributed by atoms with Gasteiger partial charge < -0.3 is 4.74 Å². The minimum absolute atomic E-state index is 0.0315. The average Bonchev–Trinajstić information content (AvgIpc) is 3.33. The van der Waals surface area contributed by atoms with Crippen molar-refractivity contribution in [2.75, 3.05) is 19.7 Å². The van der Waals surface area contributed by atoms with E-state index in [-0.39, 0.29) is 30.5 Å². The van der Waals surface area contributed by atoms with Gasteiger partial charge in [-0.25, -0.2) is 0 Å². The molecule has 0 bridgehead atoms. The molecule has 0 aliphatic carbocycles. The molecule has 2 aliphatic heterocycles. The van der Waals surface area contributed by atoms with Crippen LogP contribution in [0.15, 0.2) is 84.1 Å². The average molecular weight is 444 g/mol. The summed E-state index contributed by atoms with van der Waals surface area (Å²) in [7, 11) is 0. The molecule has 1 fully saturated rings. The van der Waals surface area contributed by atoms with E-state index in [0.29, 0.717) is 29.7 Å². The first-order valence-corrected chi connectivity index (χ1v) is 10.8. The zero-order valence-electron chi connectivity index (χ0n) is 18.0. The minimum Gasteiger partial charge on any atom is -0.486 e. The number of hydrogen-bond donors (Lipinski definition) is 1. The smallest absolute Gasteiger partial charge is 0.257 e. The van der Waals surface area contributed by atoms with Gasteiger partial charge in [0.15, 0.2) is 11.5 Å². The fourth-order valence-electron chi connectivity index (χ4n) is 3.97. The predicted octanol–water partition coefficient (Wildman–Crippen LogP) is 2.70. The van der Waals surface area contributed by atoms with Gasteiger partial charge in [0.05, 0.1) is 12.6 Å². The number of ketones is 2. The molecule has 2 aromatic rings. The number of imide groups is 1. The summed E-state index contributed by atoms with van der Waals surface area (Å²) < 4.78 is 5.49. The summed E-state index contributed by atoms with van der Waals surface area (Å²) in [6, 6.07) is 16.8. The first-order valence-electron chi connectivity index (χ1n) is 10.8. The second kappa shape index (κ2) is 10.2. The van der Waals surface area contributed by atoms with E-state index in [0.717, 1.165) is 6.42 Å². The summed E-state index contributed by atoms with van der Waals surface area (Å²) in [4.78, 5) is 52.4. The monoisotopic (exact) mass is 444 g/mol. The van der Waals surface area contributed by atoms with Gasteiger partial charge >= 0.3 is 0 Å². The van der Waals surface area contributed by atoms with Crippen molar-refractivity contribution >= 4 is 23.4 Å². The maximum atomic E-state index is 12.9. The second-order valence-electron chi connectivity index (χ2n) is 7.91. The highest BCUT2D eigenvalue weighted by Crippen LogP contribution is 2.21. The molecule has 0 saturated carbocycles. The number of Topliss-reactive ketones (excluding diaryl/α,β-unsaturated/α-hetero) is 2. The Morgan fingerprint density at radius 2 is 1.61 bits per heavy atom. The lowest BCUT2D eigenvalue weighted by Gasteiger charge is -2.23. The Kier molecular flexibility index (Phi) is 6.90. The molecule has 2 aromatic carbocycles. The van der Waals surface area contributed by atoms with Gasteiger partial charge in [-0.05, 0) is 43.7 Å². The molecule has 7 nitrogen and oxygen atoms in total. The van der Waals surface area contributed by atoms with Crippen LogP contribution in [0.4, 0.5) is 0 Å². The van der Waals surface area contributed by atoms with E-state index in [2.05, 4.69) is 5.32 Å². The van der Waals surface area contributed by atoms with Gasteiger partial charge in [0.25, 0.3) is 5.91 Å². The van der Waals surface area contributed by atoms with Crippen LogP contribution in [0.3, 0.4) is 0 Å². The molecule has 1 atom stereocenters. The number of hydrogen-bond acceptors (Lipinski definition) is 6. The summed E-state index contributed by atoms with van der Waals surface area (Å²) in [5, 5.41) is 2.43. The fraction of sp³-hybridized carbons (Fsp3) is 0.231. The zero-order chi connectivity index (χ0) is 23.2. The van der Waals surface area contributed by atoms with Crippen molar-refractivity contribution in [2.24, 2.45) is 0 Å². The van der Waals surface area contributed by atoms with Crippen molar-refractivity contribution in [1.82, 2.24) is 10.2 Å². The molecule has 2 amide bonds. The third-order valence-electron chi connectivity index (χ3n) is 5.69. The van der Waals surface area contributed by atoms with Crippen LogP contribution in [-0.4, -0.2) is 54.0 Å². The Hall–Kier alpha value is -3.84. The quantitative estimate of drug-likeness (QED) is 0.522. The Morgan fingerprint density at radius 3 is 2.30 bits per heavy atom. The topological polar surface area (TPSA) is 92.8 Å². The number of amides is 2. The standard InChI is InChI=1S/C26H24N2O5/c29-22(23-16-20(13-15-33-23)24(30)18-8-3-1-4-9-18)17-28-14-7-12-21(28)26(32)27-25(31)19-10-5-2-6-11-19/h1-6,8-11,13,16,21H,7,12,14-15,17H2,(H,27,31,32)/t21-/m0/s1. The molecule has 33 heavy (non-hydrogen) atoms. The van der Waals surface area contributed by atoms with E-state index in [1.807, 2.05) is 6.07 Å². The van der Waals surface area contributed by atoms with Gasteiger partial charge in [0.1, 0.15) is 6.61 Å².